The average Bonchev–Trinajstić information content (AvgIpc) is 3.13. The zero-order valence-electron chi connectivity index (χ0n) is 20.3. The van der Waals surface area contributed by atoms with Crippen molar-refractivity contribution in [2.24, 2.45) is 0 Å². The Labute approximate surface area is 200 Å². The van der Waals surface area contributed by atoms with Gasteiger partial charge in [0.1, 0.15) is 11.6 Å². The van der Waals surface area contributed by atoms with Crippen LogP contribution in [0.2, 0.25) is 0 Å². The number of H-pyrrole nitrogens is 1. The molecule has 10 heteroatoms. The van der Waals surface area contributed by atoms with Crippen LogP contribution in [-0.4, -0.2) is 64.9 Å². The second-order valence-electron chi connectivity index (χ2n) is 8.98. The van der Waals surface area contributed by atoms with Gasteiger partial charge >= 0.3 is 0 Å². The lowest BCUT2D eigenvalue weighted by molar-refractivity contribution is 0.277. The standard InChI is InChI=1S/C24H33N5O4S/c1-5-7-21-25-16(3)22-24(30)26-23(27-29(21)22)19-15-18(8-9-20(19)33-14-6-2)34(31,32)17-10-12-28(4)13-11-17/h8-9,15,17H,5-7,10-14H2,1-4H3,(H,26,27,30). The third kappa shape index (κ3) is 4.61. The van der Waals surface area contributed by atoms with E-state index in [4.69, 9.17) is 4.74 Å². The maximum absolute atomic E-state index is 13.5. The minimum absolute atomic E-state index is 0.222. The van der Waals surface area contributed by atoms with E-state index in [1.165, 1.54) is 0 Å². The number of nitrogens with zero attached hydrogens (tertiary/aromatic N) is 4. The van der Waals surface area contributed by atoms with Crippen molar-refractivity contribution in [2.45, 2.75) is 63.0 Å². The van der Waals surface area contributed by atoms with Gasteiger partial charge in [-0.2, -0.15) is 0 Å². The predicted octanol–water partition coefficient (Wildman–Crippen LogP) is 3.00. The van der Waals surface area contributed by atoms with E-state index in [1.54, 1.807) is 29.6 Å². The fourth-order valence-corrected chi connectivity index (χ4v) is 6.20. The predicted molar refractivity (Wildman–Crippen MR) is 131 cm³/mol. The van der Waals surface area contributed by atoms with E-state index in [1.807, 2.05) is 20.9 Å². The molecule has 0 unspecified atom stereocenters. The summed E-state index contributed by atoms with van der Waals surface area (Å²) in [6.45, 7) is 7.79. The van der Waals surface area contributed by atoms with Gasteiger partial charge in [-0.3, -0.25) is 4.79 Å². The molecule has 34 heavy (non-hydrogen) atoms. The molecule has 184 valence electrons. The Morgan fingerprint density at radius 2 is 1.91 bits per heavy atom. The quantitative estimate of drug-likeness (QED) is 0.520. The number of piperidine rings is 1. The molecule has 1 saturated heterocycles. The van der Waals surface area contributed by atoms with E-state index >= 15 is 0 Å². The second kappa shape index (κ2) is 9.87. The number of ether oxygens (including phenoxy) is 1. The molecule has 0 bridgehead atoms. The Morgan fingerprint density at radius 3 is 2.59 bits per heavy atom. The van der Waals surface area contributed by atoms with Crippen molar-refractivity contribution in [2.75, 3.05) is 26.7 Å². The lowest BCUT2D eigenvalue weighted by Crippen LogP contribution is -2.37. The van der Waals surface area contributed by atoms with E-state index < -0.39 is 15.1 Å². The smallest absolute Gasteiger partial charge is 0.277 e. The van der Waals surface area contributed by atoms with Crippen molar-refractivity contribution < 1.29 is 13.2 Å². The Bertz CT molecular complexity index is 1340. The van der Waals surface area contributed by atoms with Crippen LogP contribution in [0.3, 0.4) is 0 Å². The zero-order chi connectivity index (χ0) is 24.5. The van der Waals surface area contributed by atoms with E-state index in [2.05, 4.69) is 20.0 Å². The summed E-state index contributed by atoms with van der Waals surface area (Å²) < 4.78 is 34.4. The molecule has 3 heterocycles. The van der Waals surface area contributed by atoms with Crippen molar-refractivity contribution in [1.29, 1.82) is 0 Å². The number of benzene rings is 1. The molecule has 0 atom stereocenters. The third-order valence-corrected chi connectivity index (χ3v) is 8.58. The third-order valence-electron chi connectivity index (χ3n) is 6.32. The van der Waals surface area contributed by atoms with Crippen molar-refractivity contribution in [3.63, 3.8) is 0 Å². The van der Waals surface area contributed by atoms with Crippen LogP contribution in [0, 0.1) is 6.92 Å². The molecule has 1 fully saturated rings. The van der Waals surface area contributed by atoms with Crippen molar-refractivity contribution in [3.05, 3.63) is 40.1 Å². The van der Waals surface area contributed by atoms with E-state index in [0.29, 0.717) is 54.2 Å². The maximum Gasteiger partial charge on any atom is 0.277 e. The van der Waals surface area contributed by atoms with Gasteiger partial charge in [0, 0.05) is 6.42 Å². The molecule has 9 nitrogen and oxygen atoms in total. The van der Waals surface area contributed by atoms with Crippen LogP contribution in [0.1, 0.15) is 51.0 Å². The fourth-order valence-electron chi connectivity index (χ4n) is 4.44. The first-order valence-corrected chi connectivity index (χ1v) is 13.5. The Balaban J connectivity index is 1.85. The monoisotopic (exact) mass is 487 g/mol. The normalized spacial score (nSPS) is 15.8. The molecule has 1 N–H and O–H groups in total. The molecule has 0 amide bonds. The maximum atomic E-state index is 13.5. The summed E-state index contributed by atoms with van der Waals surface area (Å²) in [5, 5.41) is 4.25. The largest absolute Gasteiger partial charge is 0.493 e. The lowest BCUT2D eigenvalue weighted by Gasteiger charge is -2.28. The van der Waals surface area contributed by atoms with Crippen LogP contribution in [0.5, 0.6) is 5.75 Å². The molecule has 3 aromatic rings. The van der Waals surface area contributed by atoms with Crippen LogP contribution in [0.15, 0.2) is 27.9 Å². The van der Waals surface area contributed by atoms with Crippen LogP contribution in [0.25, 0.3) is 16.9 Å². The summed E-state index contributed by atoms with van der Waals surface area (Å²) in [6.07, 6.45) is 3.52. The van der Waals surface area contributed by atoms with Gasteiger partial charge in [-0.05, 0) is 70.9 Å². The number of nitrogens with one attached hydrogen (secondary N) is 1. The van der Waals surface area contributed by atoms with Crippen molar-refractivity contribution in [3.8, 4) is 17.1 Å². The van der Waals surface area contributed by atoms with Crippen LogP contribution in [-0.2, 0) is 16.3 Å². The fraction of sp³-hybridized carbons (Fsp3) is 0.542. The Hall–Kier alpha value is -2.72. The summed E-state index contributed by atoms with van der Waals surface area (Å²) >= 11 is 0. The molecular formula is C24H33N5O4S. The zero-order valence-corrected chi connectivity index (χ0v) is 21.1. The van der Waals surface area contributed by atoms with Gasteiger partial charge in [-0.25, -0.2) is 17.9 Å². The van der Waals surface area contributed by atoms with Crippen LogP contribution >= 0.6 is 0 Å². The number of aryl methyl sites for hydroxylation is 2. The number of fused-ring (bicyclic) bond motifs is 1. The second-order valence-corrected chi connectivity index (χ2v) is 11.2. The highest BCUT2D eigenvalue weighted by molar-refractivity contribution is 7.92. The molecule has 2 aromatic heterocycles. The number of hydrogen-bond donors (Lipinski definition) is 1. The van der Waals surface area contributed by atoms with Gasteiger partial charge in [0.25, 0.3) is 5.56 Å². The van der Waals surface area contributed by atoms with Gasteiger partial charge in [-0.15, -0.1) is 5.10 Å². The van der Waals surface area contributed by atoms with Gasteiger partial charge in [0.15, 0.2) is 21.2 Å². The SMILES string of the molecule is CCCOc1ccc(S(=O)(=O)C2CCN(C)CC2)cc1-c1nn2c(CCC)nc(C)c2c(=O)[nH]1. The summed E-state index contributed by atoms with van der Waals surface area (Å²) in [5.74, 6) is 1.45. The van der Waals surface area contributed by atoms with Gasteiger partial charge < -0.3 is 14.6 Å². The molecule has 0 spiro atoms. The minimum Gasteiger partial charge on any atom is -0.493 e. The molecule has 1 aliphatic rings. The Kier molecular flexibility index (Phi) is 7.09. The topological polar surface area (TPSA) is 110 Å². The summed E-state index contributed by atoms with van der Waals surface area (Å²) in [7, 11) is -1.54. The van der Waals surface area contributed by atoms with Crippen molar-refractivity contribution >= 4 is 15.4 Å². The van der Waals surface area contributed by atoms with E-state index in [0.717, 1.165) is 25.9 Å². The molecule has 0 saturated carbocycles. The highest BCUT2D eigenvalue weighted by Crippen LogP contribution is 2.33. The number of sulfone groups is 1. The first kappa shape index (κ1) is 24.4. The lowest BCUT2D eigenvalue weighted by atomic mass is 10.1. The molecule has 1 aliphatic heterocycles. The number of rotatable bonds is 8. The first-order valence-electron chi connectivity index (χ1n) is 11.9. The molecule has 0 radical (unpaired) electrons. The first-order chi connectivity index (χ1) is 16.3. The summed E-state index contributed by atoms with van der Waals surface area (Å²) in [4.78, 5) is 22.7. The Morgan fingerprint density at radius 1 is 1.18 bits per heavy atom. The van der Waals surface area contributed by atoms with E-state index in [9.17, 15) is 13.2 Å². The average molecular weight is 488 g/mol. The highest BCUT2D eigenvalue weighted by Gasteiger charge is 2.31. The van der Waals surface area contributed by atoms with Gasteiger partial charge in [0.05, 0.1) is 28.0 Å². The molecule has 1 aromatic carbocycles. The highest BCUT2D eigenvalue weighted by atomic mass is 32.2. The van der Waals surface area contributed by atoms with Crippen LogP contribution in [0.4, 0.5) is 0 Å². The molecule has 0 aliphatic carbocycles. The summed E-state index contributed by atoms with van der Waals surface area (Å²) in [5.41, 5.74) is 1.15. The molecular weight excluding hydrogens is 454 g/mol. The number of aromatic nitrogens is 4. The number of likely N-dealkylation sites (tertiary alicyclic amines) is 1. The molecule has 4 rings (SSSR count). The van der Waals surface area contributed by atoms with E-state index in [-0.39, 0.29) is 16.3 Å². The number of imidazole rings is 1. The van der Waals surface area contributed by atoms with Gasteiger partial charge in [0.2, 0.25) is 0 Å². The number of hydrogen-bond acceptors (Lipinski definition) is 7. The van der Waals surface area contributed by atoms with Gasteiger partial charge in [-0.1, -0.05) is 13.8 Å². The minimum atomic E-state index is -3.54. The van der Waals surface area contributed by atoms with Crippen molar-refractivity contribution in [1.82, 2.24) is 24.5 Å². The van der Waals surface area contributed by atoms with Crippen LogP contribution < -0.4 is 10.3 Å². The number of aromatic amines is 1. The summed E-state index contributed by atoms with van der Waals surface area (Å²) in [6, 6.07) is 4.86.